The molecule has 4 aliphatic carbocycles. The van der Waals surface area contributed by atoms with Crippen LogP contribution in [0.1, 0.15) is 46.5 Å². The van der Waals surface area contributed by atoms with Gasteiger partial charge < -0.3 is 10.2 Å². The molecule has 4 nitrogen and oxygen atoms in total. The van der Waals surface area contributed by atoms with Gasteiger partial charge in [-0.05, 0) is 62.0 Å². The normalized spacial score (nSPS) is 51.3. The van der Waals surface area contributed by atoms with Crippen molar-refractivity contribution < 1.29 is 24.2 Å². The number of alkyl halides is 1. The van der Waals surface area contributed by atoms with Crippen LogP contribution in [0.4, 0.5) is 4.39 Å². The van der Waals surface area contributed by atoms with E-state index in [1.807, 2.05) is 13.8 Å². The minimum Gasteiger partial charge on any atom is -0.390 e. The van der Waals surface area contributed by atoms with Gasteiger partial charge in [0.2, 0.25) is 0 Å². The molecule has 0 saturated heterocycles. The predicted octanol–water partition coefficient (Wildman–Crippen LogP) is 2.78. The lowest BCUT2D eigenvalue weighted by Gasteiger charge is -2.62. The SMILES string of the molecule is C[C@@H]1C[C@H]2[C@@H]3CCC4=CC(=O)C=C[C@]4(C)C3(F)[C@@H](O)C[C@]2(C)[C@H]1C(=O)CO. The van der Waals surface area contributed by atoms with Crippen LogP contribution < -0.4 is 0 Å². The van der Waals surface area contributed by atoms with Crippen LogP contribution in [0.15, 0.2) is 23.8 Å². The number of fused-ring (bicyclic) bond motifs is 5. The van der Waals surface area contributed by atoms with Crippen LogP contribution in [0.25, 0.3) is 0 Å². The van der Waals surface area contributed by atoms with Crippen LogP contribution in [0, 0.1) is 34.5 Å². The summed E-state index contributed by atoms with van der Waals surface area (Å²) in [6, 6.07) is 0. The second-order valence-electron chi connectivity index (χ2n) is 9.67. The van der Waals surface area contributed by atoms with Crippen molar-refractivity contribution in [2.45, 2.75) is 58.2 Å². The van der Waals surface area contributed by atoms with E-state index in [1.165, 1.54) is 12.2 Å². The molecule has 0 heterocycles. The predicted molar refractivity (Wildman–Crippen MR) is 98.5 cm³/mol. The van der Waals surface area contributed by atoms with Crippen molar-refractivity contribution in [2.75, 3.05) is 6.61 Å². The first-order chi connectivity index (χ1) is 12.6. The minimum atomic E-state index is -1.85. The number of hydrogen-bond acceptors (Lipinski definition) is 4. The Kier molecular flexibility index (Phi) is 4.11. The third-order valence-electron chi connectivity index (χ3n) is 8.48. The molecule has 8 atom stereocenters. The van der Waals surface area contributed by atoms with Gasteiger partial charge in [-0.3, -0.25) is 9.59 Å². The first-order valence-electron chi connectivity index (χ1n) is 10.0. The third kappa shape index (κ3) is 2.21. The Morgan fingerprint density at radius 2 is 2.04 bits per heavy atom. The molecule has 27 heavy (non-hydrogen) atoms. The van der Waals surface area contributed by atoms with E-state index in [2.05, 4.69) is 0 Å². The number of aliphatic hydroxyl groups is 2. The summed E-state index contributed by atoms with van der Waals surface area (Å²) in [6.45, 7) is 5.29. The number of ketones is 2. The Balaban J connectivity index is 1.80. The highest BCUT2D eigenvalue weighted by molar-refractivity contribution is 6.01. The van der Waals surface area contributed by atoms with E-state index < -0.39 is 29.2 Å². The summed E-state index contributed by atoms with van der Waals surface area (Å²) in [5.41, 5.74) is -2.59. The number of hydrogen-bond donors (Lipinski definition) is 2. The molecule has 3 saturated carbocycles. The zero-order valence-corrected chi connectivity index (χ0v) is 16.2. The van der Waals surface area contributed by atoms with Gasteiger partial charge in [-0.2, -0.15) is 0 Å². The van der Waals surface area contributed by atoms with Crippen LogP contribution in [0.3, 0.4) is 0 Å². The lowest BCUT2D eigenvalue weighted by Crippen LogP contribution is -2.66. The summed E-state index contributed by atoms with van der Waals surface area (Å²) >= 11 is 0. The number of aliphatic hydroxyl groups excluding tert-OH is 2. The average molecular weight is 376 g/mol. The van der Waals surface area contributed by atoms with Gasteiger partial charge in [-0.15, -0.1) is 0 Å². The number of carbonyl (C=O) groups is 2. The second kappa shape index (κ2) is 5.84. The van der Waals surface area contributed by atoms with Gasteiger partial charge in [-0.1, -0.05) is 25.5 Å². The number of halogens is 1. The summed E-state index contributed by atoms with van der Waals surface area (Å²) in [5, 5.41) is 20.6. The van der Waals surface area contributed by atoms with Crippen molar-refractivity contribution in [1.29, 1.82) is 0 Å². The Labute approximate surface area is 159 Å². The molecule has 0 aromatic carbocycles. The second-order valence-corrected chi connectivity index (χ2v) is 9.67. The molecule has 0 aromatic heterocycles. The summed E-state index contributed by atoms with van der Waals surface area (Å²) < 4.78 is 16.8. The Hall–Kier alpha value is -1.33. The Morgan fingerprint density at radius 1 is 1.33 bits per heavy atom. The van der Waals surface area contributed by atoms with Gasteiger partial charge in [0, 0.05) is 17.3 Å². The van der Waals surface area contributed by atoms with E-state index in [9.17, 15) is 19.8 Å². The molecule has 1 unspecified atom stereocenters. The lowest BCUT2D eigenvalue weighted by atomic mass is 9.45. The van der Waals surface area contributed by atoms with Crippen molar-refractivity contribution in [1.82, 2.24) is 0 Å². The van der Waals surface area contributed by atoms with Crippen molar-refractivity contribution in [3.63, 3.8) is 0 Å². The summed E-state index contributed by atoms with van der Waals surface area (Å²) in [7, 11) is 0. The zero-order chi connectivity index (χ0) is 19.8. The van der Waals surface area contributed by atoms with Crippen LogP contribution in [-0.2, 0) is 9.59 Å². The molecular weight excluding hydrogens is 347 g/mol. The van der Waals surface area contributed by atoms with Gasteiger partial charge in [-0.25, -0.2) is 4.39 Å². The zero-order valence-electron chi connectivity index (χ0n) is 16.2. The largest absolute Gasteiger partial charge is 0.390 e. The summed E-state index contributed by atoms with van der Waals surface area (Å²) in [6.07, 6.45) is 5.53. The molecule has 0 spiro atoms. The molecular formula is C22H29FO4. The molecule has 4 rings (SSSR count). The lowest BCUT2D eigenvalue weighted by molar-refractivity contribution is -0.195. The molecule has 4 aliphatic rings. The molecule has 2 N–H and O–H groups in total. The van der Waals surface area contributed by atoms with E-state index >= 15 is 4.39 Å². The molecule has 148 valence electrons. The molecule has 0 radical (unpaired) electrons. The molecule has 0 aliphatic heterocycles. The van der Waals surface area contributed by atoms with Crippen LogP contribution in [0.2, 0.25) is 0 Å². The van der Waals surface area contributed by atoms with E-state index in [-0.39, 0.29) is 41.7 Å². The van der Waals surface area contributed by atoms with Crippen LogP contribution in [-0.4, -0.2) is 40.2 Å². The van der Waals surface area contributed by atoms with Gasteiger partial charge in [0.1, 0.15) is 6.61 Å². The maximum atomic E-state index is 16.8. The van der Waals surface area contributed by atoms with Crippen LogP contribution in [0.5, 0.6) is 0 Å². The van der Waals surface area contributed by atoms with Crippen molar-refractivity contribution in [3.8, 4) is 0 Å². The topological polar surface area (TPSA) is 74.6 Å². The molecule has 5 heteroatoms. The van der Waals surface area contributed by atoms with Gasteiger partial charge >= 0.3 is 0 Å². The minimum absolute atomic E-state index is 0.0224. The van der Waals surface area contributed by atoms with Gasteiger partial charge in [0.25, 0.3) is 0 Å². The summed E-state index contributed by atoms with van der Waals surface area (Å²) in [5.74, 6) is -1.00. The first kappa shape index (κ1) is 19.0. The van der Waals surface area contributed by atoms with Crippen molar-refractivity contribution >= 4 is 11.6 Å². The first-order valence-corrected chi connectivity index (χ1v) is 10.0. The smallest absolute Gasteiger partial charge is 0.178 e. The number of rotatable bonds is 2. The fraction of sp³-hybridized carbons (Fsp3) is 0.727. The maximum absolute atomic E-state index is 16.8. The number of Topliss-reactive ketones (excluding diaryl/α,β-unsaturated/α-hetero) is 1. The van der Waals surface area contributed by atoms with E-state index in [0.717, 1.165) is 12.0 Å². The molecule has 0 amide bonds. The standard InChI is InChI=1S/C22H29FO4/c1-12-8-16-15-5-4-13-9-14(25)6-7-21(13,3)22(15,23)18(27)10-20(16,2)19(12)17(26)11-24/h6-7,9,12,15-16,18-19,24,27H,4-5,8,10-11H2,1-3H3/t12-,15+,16+,18+,19-,20+,21+,22?/m1/s1. The van der Waals surface area contributed by atoms with Gasteiger partial charge in [0.05, 0.1) is 6.10 Å². The maximum Gasteiger partial charge on any atom is 0.178 e. The fourth-order valence-electron chi connectivity index (χ4n) is 7.36. The summed E-state index contributed by atoms with van der Waals surface area (Å²) in [4.78, 5) is 24.3. The van der Waals surface area contributed by atoms with Crippen LogP contribution >= 0.6 is 0 Å². The number of carbonyl (C=O) groups excluding carboxylic acids is 2. The third-order valence-corrected chi connectivity index (χ3v) is 8.48. The number of allylic oxidation sites excluding steroid dienone is 4. The average Bonchev–Trinajstić information content (AvgIpc) is 2.86. The molecule has 3 fully saturated rings. The van der Waals surface area contributed by atoms with Crippen molar-refractivity contribution in [2.24, 2.45) is 34.5 Å². The van der Waals surface area contributed by atoms with E-state index in [1.54, 1.807) is 13.0 Å². The van der Waals surface area contributed by atoms with E-state index in [4.69, 9.17) is 0 Å². The quantitative estimate of drug-likeness (QED) is 0.777. The monoisotopic (exact) mass is 376 g/mol. The fourth-order valence-corrected chi connectivity index (χ4v) is 7.36. The van der Waals surface area contributed by atoms with Crippen molar-refractivity contribution in [3.05, 3.63) is 23.8 Å². The molecule has 0 bridgehead atoms. The Morgan fingerprint density at radius 3 is 2.70 bits per heavy atom. The highest BCUT2D eigenvalue weighted by Gasteiger charge is 2.71. The van der Waals surface area contributed by atoms with E-state index in [0.29, 0.717) is 12.8 Å². The molecule has 0 aromatic rings. The van der Waals surface area contributed by atoms with Gasteiger partial charge in [0.15, 0.2) is 17.2 Å². The highest BCUT2D eigenvalue weighted by Crippen LogP contribution is 2.69. The highest BCUT2D eigenvalue weighted by atomic mass is 19.1. The Bertz CT molecular complexity index is 757.